The first kappa shape index (κ1) is 10.7. The molecule has 0 aliphatic rings. The number of hydrogen-bond donors (Lipinski definition) is 0. The molecule has 0 radical (unpaired) electrons. The van der Waals surface area contributed by atoms with Crippen LogP contribution in [0.1, 0.15) is 15.9 Å². The Morgan fingerprint density at radius 3 is 2.79 bits per heavy atom. The van der Waals surface area contributed by atoms with E-state index in [0.717, 1.165) is 6.07 Å². The molecule has 0 amide bonds. The molecule has 0 spiro atoms. The van der Waals surface area contributed by atoms with E-state index in [1.165, 1.54) is 13.2 Å². The third-order valence-electron chi connectivity index (χ3n) is 1.61. The summed E-state index contributed by atoms with van der Waals surface area (Å²) in [6.45, 7) is 0. The van der Waals surface area contributed by atoms with Crippen molar-refractivity contribution in [3.63, 3.8) is 0 Å². The number of rotatable bonds is 1. The summed E-state index contributed by atoms with van der Waals surface area (Å²) in [7, 11) is 1.21. The van der Waals surface area contributed by atoms with Crippen molar-refractivity contribution in [2.24, 2.45) is 0 Å². The van der Waals surface area contributed by atoms with Gasteiger partial charge in [-0.2, -0.15) is 5.26 Å². The van der Waals surface area contributed by atoms with Gasteiger partial charge in [0.2, 0.25) is 0 Å². The van der Waals surface area contributed by atoms with Gasteiger partial charge in [-0.15, -0.1) is 0 Å². The molecule has 0 fully saturated rings. The summed E-state index contributed by atoms with van der Waals surface area (Å²) in [4.78, 5) is 11.1. The maximum Gasteiger partial charge on any atom is 0.339 e. The molecule has 0 heterocycles. The van der Waals surface area contributed by atoms with Gasteiger partial charge in [0.05, 0.1) is 17.1 Å². The molecule has 0 saturated carbocycles. The van der Waals surface area contributed by atoms with Gasteiger partial charge in [0.25, 0.3) is 0 Å². The second kappa shape index (κ2) is 4.20. The SMILES string of the molecule is COC(=O)c1ccc(F)c(C#N)c1Br. The van der Waals surface area contributed by atoms with E-state index in [1.54, 1.807) is 6.07 Å². The molecule has 0 aliphatic heterocycles. The molecule has 0 aliphatic carbocycles. The first-order valence-electron chi connectivity index (χ1n) is 3.58. The molecule has 72 valence electrons. The molecule has 0 saturated heterocycles. The monoisotopic (exact) mass is 257 g/mol. The number of ether oxygens (including phenoxy) is 1. The lowest BCUT2D eigenvalue weighted by Crippen LogP contribution is -2.04. The summed E-state index contributed by atoms with van der Waals surface area (Å²) < 4.78 is 17.6. The zero-order chi connectivity index (χ0) is 10.7. The van der Waals surface area contributed by atoms with Crippen LogP contribution in [0.4, 0.5) is 4.39 Å². The number of halogens is 2. The van der Waals surface area contributed by atoms with Gasteiger partial charge in [-0.25, -0.2) is 9.18 Å². The topological polar surface area (TPSA) is 50.1 Å². The van der Waals surface area contributed by atoms with Crippen molar-refractivity contribution in [3.8, 4) is 6.07 Å². The summed E-state index contributed by atoms with van der Waals surface area (Å²) in [6, 6.07) is 3.96. The highest BCUT2D eigenvalue weighted by atomic mass is 79.9. The molecule has 0 atom stereocenters. The predicted molar refractivity (Wildman–Crippen MR) is 50.2 cm³/mol. The van der Waals surface area contributed by atoms with Crippen molar-refractivity contribution >= 4 is 21.9 Å². The predicted octanol–water partition coefficient (Wildman–Crippen LogP) is 2.25. The molecule has 0 bridgehead atoms. The minimum absolute atomic E-state index is 0.117. The first-order valence-corrected chi connectivity index (χ1v) is 4.37. The number of nitrogens with zero attached hydrogens (tertiary/aromatic N) is 1. The number of hydrogen-bond acceptors (Lipinski definition) is 3. The normalized spacial score (nSPS) is 9.29. The van der Waals surface area contributed by atoms with Crippen LogP contribution in [0.25, 0.3) is 0 Å². The van der Waals surface area contributed by atoms with Crippen molar-refractivity contribution in [3.05, 3.63) is 33.5 Å². The highest BCUT2D eigenvalue weighted by molar-refractivity contribution is 9.10. The fourth-order valence-electron chi connectivity index (χ4n) is 0.923. The van der Waals surface area contributed by atoms with Gasteiger partial charge < -0.3 is 4.74 Å². The van der Waals surface area contributed by atoms with E-state index in [9.17, 15) is 9.18 Å². The number of carbonyl (C=O) groups is 1. The van der Waals surface area contributed by atoms with E-state index in [0.29, 0.717) is 0 Å². The molecule has 5 heteroatoms. The van der Waals surface area contributed by atoms with E-state index < -0.39 is 11.8 Å². The highest BCUT2D eigenvalue weighted by Crippen LogP contribution is 2.24. The Balaban J connectivity index is 3.37. The van der Waals surface area contributed by atoms with Crippen LogP contribution in [-0.4, -0.2) is 13.1 Å². The summed E-state index contributed by atoms with van der Waals surface area (Å²) in [5.41, 5.74) is -0.0710. The van der Waals surface area contributed by atoms with Crippen LogP contribution in [0.3, 0.4) is 0 Å². The zero-order valence-corrected chi connectivity index (χ0v) is 8.76. The number of methoxy groups -OCH3 is 1. The lowest BCUT2D eigenvalue weighted by Gasteiger charge is -2.03. The molecule has 3 nitrogen and oxygen atoms in total. The van der Waals surface area contributed by atoms with E-state index in [-0.39, 0.29) is 15.6 Å². The van der Waals surface area contributed by atoms with Crippen LogP contribution in [-0.2, 0) is 4.74 Å². The maximum atomic E-state index is 13.0. The van der Waals surface area contributed by atoms with Gasteiger partial charge in [0.1, 0.15) is 17.4 Å². The van der Waals surface area contributed by atoms with Crippen molar-refractivity contribution in [1.82, 2.24) is 0 Å². The minimum atomic E-state index is -0.674. The fraction of sp³-hybridized carbons (Fsp3) is 0.111. The first-order chi connectivity index (χ1) is 6.61. The quantitative estimate of drug-likeness (QED) is 0.726. The maximum absolute atomic E-state index is 13.0. The number of benzene rings is 1. The van der Waals surface area contributed by atoms with E-state index >= 15 is 0 Å². The Kier molecular flexibility index (Phi) is 3.20. The van der Waals surface area contributed by atoms with Gasteiger partial charge in [-0.05, 0) is 28.1 Å². The third-order valence-corrected chi connectivity index (χ3v) is 2.43. The zero-order valence-electron chi connectivity index (χ0n) is 7.17. The van der Waals surface area contributed by atoms with Gasteiger partial charge in [-0.1, -0.05) is 0 Å². The lowest BCUT2D eigenvalue weighted by atomic mass is 10.1. The van der Waals surface area contributed by atoms with E-state index in [2.05, 4.69) is 20.7 Å². The molecule has 0 aromatic heterocycles. The van der Waals surface area contributed by atoms with Gasteiger partial charge in [0.15, 0.2) is 0 Å². The lowest BCUT2D eigenvalue weighted by molar-refractivity contribution is 0.0599. The summed E-state index contributed by atoms with van der Waals surface area (Å²) in [6.07, 6.45) is 0. The second-order valence-corrected chi connectivity index (χ2v) is 3.18. The number of esters is 1. The van der Waals surface area contributed by atoms with Gasteiger partial charge in [0, 0.05) is 0 Å². The number of nitriles is 1. The molecule has 14 heavy (non-hydrogen) atoms. The molecule has 1 rings (SSSR count). The van der Waals surface area contributed by atoms with E-state index in [4.69, 9.17) is 5.26 Å². The van der Waals surface area contributed by atoms with Crippen LogP contribution in [0.2, 0.25) is 0 Å². The Hall–Kier alpha value is -1.41. The number of carbonyl (C=O) groups excluding carboxylic acids is 1. The van der Waals surface area contributed by atoms with Crippen molar-refractivity contribution < 1.29 is 13.9 Å². The molecular formula is C9H5BrFNO2. The molecule has 0 unspecified atom stereocenters. The smallest absolute Gasteiger partial charge is 0.339 e. The summed E-state index contributed by atoms with van der Waals surface area (Å²) in [5.74, 6) is -1.29. The fourth-order valence-corrected chi connectivity index (χ4v) is 1.49. The van der Waals surface area contributed by atoms with Gasteiger partial charge in [-0.3, -0.25) is 0 Å². The average Bonchev–Trinajstić information content (AvgIpc) is 2.18. The van der Waals surface area contributed by atoms with Crippen molar-refractivity contribution in [2.45, 2.75) is 0 Å². The molecule has 0 N–H and O–H groups in total. The van der Waals surface area contributed by atoms with Crippen LogP contribution < -0.4 is 0 Å². The summed E-state index contributed by atoms with van der Waals surface area (Å²) >= 11 is 2.97. The van der Waals surface area contributed by atoms with Crippen LogP contribution in [0, 0.1) is 17.1 Å². The molecule has 1 aromatic rings. The Bertz CT molecular complexity index is 426. The molecule has 1 aromatic carbocycles. The van der Waals surface area contributed by atoms with Crippen LogP contribution in [0.15, 0.2) is 16.6 Å². The third kappa shape index (κ3) is 1.75. The molecular weight excluding hydrogens is 253 g/mol. The second-order valence-electron chi connectivity index (χ2n) is 2.39. The van der Waals surface area contributed by atoms with Gasteiger partial charge >= 0.3 is 5.97 Å². The summed E-state index contributed by atoms with van der Waals surface area (Å²) in [5, 5.41) is 8.61. The van der Waals surface area contributed by atoms with Crippen molar-refractivity contribution in [1.29, 1.82) is 5.26 Å². The van der Waals surface area contributed by atoms with Crippen LogP contribution in [0.5, 0.6) is 0 Å². The highest BCUT2D eigenvalue weighted by Gasteiger charge is 2.16. The average molecular weight is 258 g/mol. The van der Waals surface area contributed by atoms with E-state index in [1.807, 2.05) is 0 Å². The Morgan fingerprint density at radius 2 is 2.29 bits per heavy atom. The largest absolute Gasteiger partial charge is 0.465 e. The Morgan fingerprint density at radius 1 is 1.64 bits per heavy atom. The van der Waals surface area contributed by atoms with Crippen molar-refractivity contribution in [2.75, 3.05) is 7.11 Å². The van der Waals surface area contributed by atoms with Crippen LogP contribution >= 0.6 is 15.9 Å². The Labute approximate surface area is 88.2 Å². The minimum Gasteiger partial charge on any atom is -0.465 e. The standard InChI is InChI=1S/C9H5BrFNO2/c1-14-9(13)5-2-3-7(11)6(4-12)8(5)10/h2-3H,1H3.